The van der Waals surface area contributed by atoms with Gasteiger partial charge in [-0.1, -0.05) is 65.0 Å². The first kappa shape index (κ1) is 14.9. The van der Waals surface area contributed by atoms with E-state index in [4.69, 9.17) is 4.98 Å². The average Bonchev–Trinajstić information content (AvgIpc) is 2.82. The molecule has 1 aliphatic rings. The lowest BCUT2D eigenvalue weighted by Gasteiger charge is -2.26. The molecule has 0 atom stereocenters. The van der Waals surface area contributed by atoms with Crippen LogP contribution in [0.3, 0.4) is 0 Å². The maximum absolute atomic E-state index is 4.76. The highest BCUT2D eigenvalue weighted by Crippen LogP contribution is 2.51. The fourth-order valence-electron chi connectivity index (χ4n) is 4.57. The number of fused-ring (bicyclic) bond motifs is 3. The van der Waals surface area contributed by atoms with Crippen LogP contribution in [0.5, 0.6) is 0 Å². The van der Waals surface area contributed by atoms with Gasteiger partial charge in [0, 0.05) is 22.4 Å². The van der Waals surface area contributed by atoms with Crippen molar-refractivity contribution in [2.45, 2.75) is 45.4 Å². The Balaban J connectivity index is 2.15. The van der Waals surface area contributed by atoms with Gasteiger partial charge in [-0.3, -0.25) is 4.98 Å². The normalized spacial score (nSPS) is 15.7. The molecule has 5 rings (SSSR count). The van der Waals surface area contributed by atoms with Crippen molar-refractivity contribution >= 4 is 32.4 Å². The molecule has 1 nitrogen and oxygen atoms in total. The van der Waals surface area contributed by atoms with Gasteiger partial charge < -0.3 is 0 Å². The maximum Gasteiger partial charge on any atom is 0.0786 e. The van der Waals surface area contributed by atoms with Crippen LogP contribution >= 0.6 is 0 Å². The molecule has 1 aliphatic carbocycles. The Morgan fingerprint density at radius 2 is 1.52 bits per heavy atom. The minimum atomic E-state index is 0.0265. The molecule has 4 aromatic rings. The monoisotopic (exact) mass is 325 g/mol. The smallest absolute Gasteiger partial charge is 0.0786 e. The molecule has 0 aliphatic heterocycles. The van der Waals surface area contributed by atoms with Crippen LogP contribution in [0, 0.1) is 0 Å². The molecule has 25 heavy (non-hydrogen) atoms. The van der Waals surface area contributed by atoms with Gasteiger partial charge in [0.15, 0.2) is 0 Å². The van der Waals surface area contributed by atoms with Crippen LogP contribution in [-0.2, 0) is 10.8 Å². The quantitative estimate of drug-likeness (QED) is 0.337. The minimum absolute atomic E-state index is 0.0265. The summed E-state index contributed by atoms with van der Waals surface area (Å²) in [6, 6.07) is 15.9. The molecule has 0 unspecified atom stereocenters. The van der Waals surface area contributed by atoms with Crippen LogP contribution in [0.2, 0.25) is 0 Å². The summed E-state index contributed by atoms with van der Waals surface area (Å²) in [5.41, 5.74) is 5.58. The molecule has 0 N–H and O–H groups in total. The summed E-state index contributed by atoms with van der Waals surface area (Å²) in [5.74, 6) is 0. The van der Waals surface area contributed by atoms with Crippen molar-refractivity contribution in [3.8, 4) is 0 Å². The first-order valence-electron chi connectivity index (χ1n) is 9.09. The number of hydrogen-bond acceptors (Lipinski definition) is 1. The zero-order chi connectivity index (χ0) is 17.6. The lowest BCUT2D eigenvalue weighted by molar-refractivity contribution is 0.586. The number of rotatable bonds is 0. The lowest BCUT2D eigenvalue weighted by Crippen LogP contribution is -2.18. The van der Waals surface area contributed by atoms with Crippen LogP contribution in [0.1, 0.15) is 51.3 Å². The summed E-state index contributed by atoms with van der Waals surface area (Å²) in [5, 5.41) is 6.76. The molecule has 0 fully saturated rings. The Morgan fingerprint density at radius 1 is 0.800 bits per heavy atom. The highest BCUT2D eigenvalue weighted by Gasteiger charge is 2.36. The van der Waals surface area contributed by atoms with Crippen molar-refractivity contribution in [2.75, 3.05) is 0 Å². The Labute approximate surface area is 148 Å². The van der Waals surface area contributed by atoms with Crippen LogP contribution in [0.15, 0.2) is 48.7 Å². The summed E-state index contributed by atoms with van der Waals surface area (Å²) in [6.07, 6.45) is 1.91. The third-order valence-corrected chi connectivity index (χ3v) is 6.02. The molecule has 0 spiro atoms. The Bertz CT molecular complexity index is 1190. The summed E-state index contributed by atoms with van der Waals surface area (Å²) in [7, 11) is 0. The first-order valence-corrected chi connectivity index (χ1v) is 9.09. The Hall–Kier alpha value is -2.41. The molecule has 0 radical (unpaired) electrons. The average molecular weight is 325 g/mol. The molecule has 1 heterocycles. The van der Waals surface area contributed by atoms with Crippen molar-refractivity contribution in [1.82, 2.24) is 4.98 Å². The van der Waals surface area contributed by atoms with E-state index >= 15 is 0 Å². The van der Waals surface area contributed by atoms with Gasteiger partial charge in [-0.15, -0.1) is 0 Å². The van der Waals surface area contributed by atoms with Crippen molar-refractivity contribution in [3.63, 3.8) is 0 Å². The highest BCUT2D eigenvalue weighted by molar-refractivity contribution is 6.28. The molecule has 1 aromatic heterocycles. The zero-order valence-electron chi connectivity index (χ0n) is 15.6. The summed E-state index contributed by atoms with van der Waals surface area (Å²) in [6.45, 7) is 11.6. The van der Waals surface area contributed by atoms with Gasteiger partial charge >= 0.3 is 0 Å². The van der Waals surface area contributed by atoms with Gasteiger partial charge in [0.2, 0.25) is 0 Å². The van der Waals surface area contributed by atoms with E-state index in [-0.39, 0.29) is 10.8 Å². The summed E-state index contributed by atoms with van der Waals surface area (Å²) >= 11 is 0. The van der Waals surface area contributed by atoms with E-state index in [1.54, 1.807) is 0 Å². The van der Waals surface area contributed by atoms with Gasteiger partial charge in [0.05, 0.1) is 5.52 Å². The van der Waals surface area contributed by atoms with Crippen LogP contribution in [0.25, 0.3) is 32.4 Å². The molecule has 1 heteroatoms. The van der Waals surface area contributed by atoms with Crippen molar-refractivity contribution < 1.29 is 0 Å². The van der Waals surface area contributed by atoms with E-state index in [9.17, 15) is 0 Å². The van der Waals surface area contributed by atoms with Crippen LogP contribution < -0.4 is 0 Å². The fraction of sp³-hybridized carbons (Fsp3) is 0.292. The molecular weight excluding hydrogens is 302 g/mol. The SMILES string of the molecule is CC(C)(C)c1cc2c3c(c1)c1cccnc1c1cccc(c13)C2(C)C. The predicted octanol–water partition coefficient (Wildman–Crippen LogP) is 6.48. The highest BCUT2D eigenvalue weighted by atomic mass is 14.7. The molecule has 124 valence electrons. The number of pyridine rings is 1. The second-order valence-electron chi connectivity index (χ2n) is 8.95. The first-order chi connectivity index (χ1) is 11.8. The molecular formula is C24H23N. The Kier molecular flexibility index (Phi) is 2.62. The lowest BCUT2D eigenvalue weighted by atomic mass is 9.78. The van der Waals surface area contributed by atoms with E-state index in [2.05, 4.69) is 77.1 Å². The molecule has 0 saturated heterocycles. The minimum Gasteiger partial charge on any atom is -0.256 e. The molecule has 0 saturated carbocycles. The van der Waals surface area contributed by atoms with E-state index in [0.29, 0.717) is 0 Å². The molecule has 0 bridgehead atoms. The largest absolute Gasteiger partial charge is 0.256 e. The van der Waals surface area contributed by atoms with Crippen molar-refractivity contribution in [1.29, 1.82) is 0 Å². The van der Waals surface area contributed by atoms with Gasteiger partial charge in [-0.05, 0) is 50.4 Å². The molecule has 3 aromatic carbocycles. The van der Waals surface area contributed by atoms with E-state index < -0.39 is 0 Å². The number of benzene rings is 3. The summed E-state index contributed by atoms with van der Waals surface area (Å²) in [4.78, 5) is 4.76. The summed E-state index contributed by atoms with van der Waals surface area (Å²) < 4.78 is 0. The van der Waals surface area contributed by atoms with Crippen molar-refractivity contribution in [3.05, 3.63) is 65.4 Å². The maximum atomic E-state index is 4.76. The second kappa shape index (κ2) is 4.40. The number of nitrogens with zero attached hydrogens (tertiary/aromatic N) is 1. The van der Waals surface area contributed by atoms with E-state index in [1.807, 2.05) is 6.20 Å². The molecule has 0 amide bonds. The fourth-order valence-corrected chi connectivity index (χ4v) is 4.57. The predicted molar refractivity (Wildman–Crippen MR) is 108 cm³/mol. The van der Waals surface area contributed by atoms with Gasteiger partial charge in [0.1, 0.15) is 0 Å². The topological polar surface area (TPSA) is 12.9 Å². The third kappa shape index (κ3) is 1.76. The van der Waals surface area contributed by atoms with Crippen LogP contribution in [0.4, 0.5) is 0 Å². The van der Waals surface area contributed by atoms with E-state index in [1.165, 1.54) is 43.6 Å². The van der Waals surface area contributed by atoms with Gasteiger partial charge in [0.25, 0.3) is 0 Å². The van der Waals surface area contributed by atoms with Crippen molar-refractivity contribution in [2.24, 2.45) is 0 Å². The second-order valence-corrected chi connectivity index (χ2v) is 8.95. The third-order valence-electron chi connectivity index (χ3n) is 6.02. The van der Waals surface area contributed by atoms with Gasteiger partial charge in [-0.2, -0.15) is 0 Å². The van der Waals surface area contributed by atoms with Gasteiger partial charge in [-0.25, -0.2) is 0 Å². The Morgan fingerprint density at radius 3 is 2.28 bits per heavy atom. The number of hydrogen-bond donors (Lipinski definition) is 0. The van der Waals surface area contributed by atoms with Crippen LogP contribution in [-0.4, -0.2) is 4.98 Å². The zero-order valence-corrected chi connectivity index (χ0v) is 15.6. The van der Waals surface area contributed by atoms with E-state index in [0.717, 1.165) is 5.52 Å². The standard InChI is InChI=1S/C24H23N/c1-23(2,3)14-12-17-15-9-7-11-25-22(15)16-8-6-10-18-20(16)21(17)19(13-14)24(18,4)5/h6-13H,1-5H3. The number of aromatic nitrogens is 1.